The Morgan fingerprint density at radius 1 is 1.10 bits per heavy atom. The number of halogens is 2. The molecule has 5 fully saturated rings. The van der Waals surface area contributed by atoms with Crippen LogP contribution in [-0.4, -0.2) is 84.6 Å². The SMILES string of the molecule is C#Cc1c(Cl)ccc2cc(O)cc(-c3c(C#N)cc4c(N5CC6CCC(C5)N6)nc(OCC5(CN6C[C@H]7COC[C@H]7C6)CC5)nc4c3F)c12. The third-order valence-corrected chi connectivity index (χ3v) is 11.6. The van der Waals surface area contributed by atoms with Crippen LogP contribution in [0.25, 0.3) is 32.8 Å². The average Bonchev–Trinajstić information content (AvgIpc) is 3.34. The van der Waals surface area contributed by atoms with E-state index in [1.807, 2.05) is 0 Å². The van der Waals surface area contributed by atoms with Gasteiger partial charge in [0.05, 0.1) is 42.0 Å². The van der Waals surface area contributed by atoms with E-state index in [0.717, 1.165) is 58.5 Å². The van der Waals surface area contributed by atoms with Gasteiger partial charge in [-0.25, -0.2) is 4.39 Å². The number of hydrogen-bond donors (Lipinski definition) is 2. The summed E-state index contributed by atoms with van der Waals surface area (Å²) in [6.07, 6.45) is 10.1. The van der Waals surface area contributed by atoms with E-state index in [0.29, 0.717) is 76.2 Å². The molecule has 2 bridgehead atoms. The van der Waals surface area contributed by atoms with Crippen LogP contribution in [0.1, 0.15) is 36.8 Å². The summed E-state index contributed by atoms with van der Waals surface area (Å²) in [5.74, 6) is 3.62. The molecule has 2 unspecified atom stereocenters. The number of rotatable bonds is 7. The van der Waals surface area contributed by atoms with Crippen LogP contribution in [0.4, 0.5) is 10.2 Å². The Hall–Kier alpha value is -4.19. The van der Waals surface area contributed by atoms with Crippen LogP contribution < -0.4 is 15.0 Å². The minimum atomic E-state index is -0.706. The Morgan fingerprint density at radius 3 is 2.55 bits per heavy atom. The van der Waals surface area contributed by atoms with Crippen molar-refractivity contribution in [3.8, 4) is 41.3 Å². The van der Waals surface area contributed by atoms with Crippen molar-refractivity contribution in [3.63, 3.8) is 0 Å². The molecule has 49 heavy (non-hydrogen) atoms. The molecule has 2 N–H and O–H groups in total. The Labute approximate surface area is 289 Å². The highest BCUT2D eigenvalue weighted by atomic mass is 35.5. The molecular weight excluding hydrogens is 643 g/mol. The lowest BCUT2D eigenvalue weighted by atomic mass is 9.90. The van der Waals surface area contributed by atoms with Gasteiger partial charge in [-0.1, -0.05) is 23.6 Å². The van der Waals surface area contributed by atoms with Crippen LogP contribution in [-0.2, 0) is 4.74 Å². The number of phenolic OH excluding ortho intramolecular Hbond substituents is 1. The number of piperazine rings is 1. The molecule has 4 aliphatic heterocycles. The van der Waals surface area contributed by atoms with Gasteiger partial charge < -0.3 is 29.7 Å². The molecule has 4 saturated heterocycles. The maximum atomic E-state index is 17.2. The fourth-order valence-electron chi connectivity index (χ4n) is 8.71. The third-order valence-electron chi connectivity index (χ3n) is 11.3. The van der Waals surface area contributed by atoms with Crippen molar-refractivity contribution in [1.82, 2.24) is 20.2 Å². The topological polar surface area (TPSA) is 107 Å². The monoisotopic (exact) mass is 678 g/mol. The summed E-state index contributed by atoms with van der Waals surface area (Å²) < 4.78 is 29.3. The number of nitriles is 1. The second kappa shape index (κ2) is 11.7. The van der Waals surface area contributed by atoms with Gasteiger partial charge in [0.2, 0.25) is 0 Å². The van der Waals surface area contributed by atoms with Crippen molar-refractivity contribution in [3.05, 3.63) is 52.3 Å². The van der Waals surface area contributed by atoms with Crippen molar-refractivity contribution in [1.29, 1.82) is 5.26 Å². The second-order valence-electron chi connectivity index (χ2n) is 14.7. The molecular formula is C38H36ClFN6O3. The second-order valence-corrected chi connectivity index (χ2v) is 15.1. The van der Waals surface area contributed by atoms with Crippen molar-refractivity contribution < 1.29 is 19.0 Å². The first kappa shape index (κ1) is 30.8. The standard InChI is InChI=1S/C38H36ClFN6O3/c1-2-28-31(39)6-3-21-9-27(47)11-29(32(21)28)33-22(12-41)10-30-35(34(33)40)43-37(44-36(30)46-15-25-4-5-26(16-46)42-25)49-20-38(7-8-38)19-45-13-23-17-48-18-24(23)14-45/h1,3,6,9-11,23-26,42,47H,4-5,7-8,13-20H2/t23-,24+,25?,26?. The van der Waals surface area contributed by atoms with Gasteiger partial charge in [0.1, 0.15) is 17.1 Å². The fourth-order valence-corrected chi connectivity index (χ4v) is 8.92. The van der Waals surface area contributed by atoms with Crippen molar-refractivity contribution >= 4 is 39.1 Å². The zero-order valence-corrected chi connectivity index (χ0v) is 27.8. The Bertz CT molecular complexity index is 2080. The first-order valence-corrected chi connectivity index (χ1v) is 17.5. The maximum absolute atomic E-state index is 17.2. The molecule has 0 radical (unpaired) electrons. The summed E-state index contributed by atoms with van der Waals surface area (Å²) in [5.41, 5.74) is 0.762. The molecule has 5 aliphatic rings. The summed E-state index contributed by atoms with van der Waals surface area (Å²) in [4.78, 5) is 14.3. The summed E-state index contributed by atoms with van der Waals surface area (Å²) >= 11 is 6.50. The lowest BCUT2D eigenvalue weighted by Gasteiger charge is -2.34. The quantitative estimate of drug-likeness (QED) is 0.246. The predicted octanol–water partition coefficient (Wildman–Crippen LogP) is 5.48. The van der Waals surface area contributed by atoms with Crippen LogP contribution in [0.3, 0.4) is 0 Å². The molecule has 11 heteroatoms. The predicted molar refractivity (Wildman–Crippen MR) is 185 cm³/mol. The highest BCUT2D eigenvalue weighted by molar-refractivity contribution is 6.33. The zero-order chi connectivity index (χ0) is 33.4. The lowest BCUT2D eigenvalue weighted by molar-refractivity contribution is 0.131. The van der Waals surface area contributed by atoms with Crippen LogP contribution in [0.5, 0.6) is 11.8 Å². The van der Waals surface area contributed by atoms with Crippen LogP contribution in [0.2, 0.25) is 5.02 Å². The molecule has 0 spiro atoms. The van der Waals surface area contributed by atoms with E-state index in [2.05, 4.69) is 27.1 Å². The minimum Gasteiger partial charge on any atom is -0.508 e. The van der Waals surface area contributed by atoms with Gasteiger partial charge in [-0.2, -0.15) is 15.2 Å². The molecule has 5 heterocycles. The molecule has 4 aromatic rings. The summed E-state index contributed by atoms with van der Waals surface area (Å²) in [6, 6.07) is 10.9. The van der Waals surface area contributed by atoms with Crippen LogP contribution >= 0.6 is 11.6 Å². The molecule has 1 aliphatic carbocycles. The molecule has 9 rings (SSSR count). The number of benzene rings is 3. The van der Waals surface area contributed by atoms with E-state index in [4.69, 9.17) is 37.5 Å². The summed E-state index contributed by atoms with van der Waals surface area (Å²) in [7, 11) is 0. The van der Waals surface area contributed by atoms with Gasteiger partial charge in [-0.15, -0.1) is 6.42 Å². The van der Waals surface area contributed by atoms with E-state index in [1.165, 1.54) is 6.07 Å². The summed E-state index contributed by atoms with van der Waals surface area (Å²) in [5, 5.41) is 26.6. The molecule has 1 aromatic heterocycles. The summed E-state index contributed by atoms with van der Waals surface area (Å²) in [6.45, 7) is 6.62. The van der Waals surface area contributed by atoms with Crippen LogP contribution in [0, 0.1) is 46.7 Å². The molecule has 4 atom stereocenters. The number of aromatic hydroxyl groups is 1. The third kappa shape index (κ3) is 5.34. The largest absolute Gasteiger partial charge is 0.508 e. The van der Waals surface area contributed by atoms with E-state index in [1.54, 1.807) is 24.3 Å². The highest BCUT2D eigenvalue weighted by Crippen LogP contribution is 2.48. The number of anilines is 1. The minimum absolute atomic E-state index is 0.00660. The first-order chi connectivity index (χ1) is 23.8. The average molecular weight is 679 g/mol. The molecule has 9 nitrogen and oxygen atoms in total. The van der Waals surface area contributed by atoms with Gasteiger partial charge in [0.25, 0.3) is 0 Å². The van der Waals surface area contributed by atoms with Gasteiger partial charge >= 0.3 is 6.01 Å². The number of aromatic nitrogens is 2. The van der Waals surface area contributed by atoms with E-state index < -0.39 is 5.82 Å². The number of hydrogen-bond acceptors (Lipinski definition) is 9. The number of nitrogens with one attached hydrogen (secondary N) is 1. The van der Waals surface area contributed by atoms with Gasteiger partial charge in [0.15, 0.2) is 5.82 Å². The van der Waals surface area contributed by atoms with Crippen molar-refractivity contribution in [2.75, 3.05) is 57.4 Å². The molecule has 1 saturated carbocycles. The smallest absolute Gasteiger partial charge is 0.319 e. The number of ether oxygens (including phenoxy) is 2. The first-order valence-electron chi connectivity index (χ1n) is 17.1. The Kier molecular flexibility index (Phi) is 7.37. The lowest BCUT2D eigenvalue weighted by Crippen LogP contribution is -2.51. The van der Waals surface area contributed by atoms with Crippen molar-refractivity contribution in [2.45, 2.75) is 37.8 Å². The zero-order valence-electron chi connectivity index (χ0n) is 27.0. The number of phenols is 1. The number of likely N-dealkylation sites (tertiary alicyclic amines) is 1. The molecule has 3 aromatic carbocycles. The van der Waals surface area contributed by atoms with E-state index in [9.17, 15) is 10.4 Å². The molecule has 0 amide bonds. The van der Waals surface area contributed by atoms with Gasteiger partial charge in [0, 0.05) is 78.4 Å². The molecule has 250 valence electrons. The number of terminal acetylenes is 1. The number of nitrogens with zero attached hydrogens (tertiary/aromatic N) is 5. The van der Waals surface area contributed by atoms with Gasteiger partial charge in [-0.05, 0) is 60.9 Å². The van der Waals surface area contributed by atoms with Crippen molar-refractivity contribution in [2.24, 2.45) is 17.3 Å². The fraction of sp³-hybridized carbons (Fsp3) is 0.447. The normalized spacial score (nSPS) is 25.4. The highest BCUT2D eigenvalue weighted by Gasteiger charge is 2.48. The van der Waals surface area contributed by atoms with E-state index >= 15 is 4.39 Å². The Balaban J connectivity index is 1.15. The van der Waals surface area contributed by atoms with Gasteiger partial charge in [-0.3, -0.25) is 0 Å². The number of fused-ring (bicyclic) bond motifs is 5. The van der Waals surface area contributed by atoms with Crippen LogP contribution in [0.15, 0.2) is 30.3 Å². The Morgan fingerprint density at radius 2 is 1.86 bits per heavy atom. The van der Waals surface area contributed by atoms with E-state index in [-0.39, 0.29) is 39.4 Å². The maximum Gasteiger partial charge on any atom is 0.319 e.